The highest BCUT2D eigenvalue weighted by Gasteiger charge is 2.27. The van der Waals surface area contributed by atoms with E-state index in [0.29, 0.717) is 13.1 Å². The number of rotatable bonds is 5. The summed E-state index contributed by atoms with van der Waals surface area (Å²) < 4.78 is 7.52. The summed E-state index contributed by atoms with van der Waals surface area (Å²) in [5.41, 5.74) is 7.32. The van der Waals surface area contributed by atoms with Crippen molar-refractivity contribution in [2.75, 3.05) is 38.2 Å². The van der Waals surface area contributed by atoms with Crippen LogP contribution < -0.4 is 9.64 Å². The third kappa shape index (κ3) is 4.42. The molecule has 1 aromatic heterocycles. The van der Waals surface area contributed by atoms with Gasteiger partial charge < -0.3 is 19.1 Å². The molecule has 1 aliphatic rings. The van der Waals surface area contributed by atoms with Gasteiger partial charge in [-0.05, 0) is 73.5 Å². The molecule has 35 heavy (non-hydrogen) atoms. The normalized spacial score (nSPS) is 13.7. The summed E-state index contributed by atoms with van der Waals surface area (Å²) in [6, 6.07) is 28.7. The lowest BCUT2D eigenvalue weighted by molar-refractivity contribution is 0.0746. The van der Waals surface area contributed by atoms with Crippen LogP contribution in [0.25, 0.3) is 16.9 Å². The number of carbonyl (C=O) groups excluding carboxylic acids is 1. The third-order valence-corrected chi connectivity index (χ3v) is 6.90. The minimum Gasteiger partial charge on any atom is -0.497 e. The van der Waals surface area contributed by atoms with Crippen LogP contribution >= 0.6 is 0 Å². The minimum absolute atomic E-state index is 0.0939. The number of nitrogens with zero attached hydrogens (tertiary/aromatic N) is 3. The maximum Gasteiger partial charge on any atom is 0.255 e. The Hall–Kier alpha value is -3.99. The lowest BCUT2D eigenvalue weighted by Crippen LogP contribution is -2.49. The third-order valence-electron chi connectivity index (χ3n) is 6.90. The van der Waals surface area contributed by atoms with Crippen LogP contribution in [0.4, 0.5) is 5.69 Å². The highest BCUT2D eigenvalue weighted by Crippen LogP contribution is 2.32. The maximum atomic E-state index is 13.7. The van der Waals surface area contributed by atoms with Crippen molar-refractivity contribution < 1.29 is 9.53 Å². The van der Waals surface area contributed by atoms with Crippen LogP contribution in [0.2, 0.25) is 0 Å². The van der Waals surface area contributed by atoms with Crippen molar-refractivity contribution in [3.8, 4) is 22.7 Å². The quantitative estimate of drug-likeness (QED) is 0.378. The average Bonchev–Trinajstić information content (AvgIpc) is 3.26. The van der Waals surface area contributed by atoms with Crippen LogP contribution in [0, 0.1) is 13.8 Å². The van der Waals surface area contributed by atoms with E-state index in [4.69, 9.17) is 4.74 Å². The second-order valence-corrected chi connectivity index (χ2v) is 8.99. The summed E-state index contributed by atoms with van der Waals surface area (Å²) in [6.45, 7) is 7.27. The van der Waals surface area contributed by atoms with Gasteiger partial charge in [-0.15, -0.1) is 0 Å². The molecule has 0 saturated carbocycles. The zero-order chi connectivity index (χ0) is 24.4. The number of carbonyl (C=O) groups is 1. The Morgan fingerprint density at radius 3 is 2.11 bits per heavy atom. The topological polar surface area (TPSA) is 37.7 Å². The number of hydrogen-bond donors (Lipinski definition) is 0. The van der Waals surface area contributed by atoms with E-state index < -0.39 is 0 Å². The second-order valence-electron chi connectivity index (χ2n) is 8.99. The largest absolute Gasteiger partial charge is 0.497 e. The van der Waals surface area contributed by atoms with Gasteiger partial charge in [-0.1, -0.05) is 36.4 Å². The molecule has 3 aromatic carbocycles. The Kier molecular flexibility index (Phi) is 6.32. The minimum atomic E-state index is 0.0939. The summed E-state index contributed by atoms with van der Waals surface area (Å²) in [5.74, 6) is 0.905. The number of amides is 1. The molecule has 0 radical (unpaired) electrons. The number of methoxy groups -OCH3 is 1. The lowest BCUT2D eigenvalue weighted by atomic mass is 10.1. The summed E-state index contributed by atoms with van der Waals surface area (Å²) in [4.78, 5) is 18.1. The van der Waals surface area contributed by atoms with Crippen LogP contribution in [0.5, 0.6) is 5.75 Å². The molecule has 0 spiro atoms. The van der Waals surface area contributed by atoms with Crippen LogP contribution in [0.15, 0.2) is 84.9 Å². The van der Waals surface area contributed by atoms with Crippen LogP contribution in [0.1, 0.15) is 21.6 Å². The standard InChI is InChI=1S/C30H31N3O2/c1-22-9-7-8-12-28(22)31-17-19-32(20-18-31)30(34)27-21-29(24-13-15-26(35-3)16-14-24)33(23(27)2)25-10-5-4-6-11-25/h4-16,21H,17-20H2,1-3H3. The second kappa shape index (κ2) is 9.71. The van der Waals surface area contributed by atoms with Gasteiger partial charge >= 0.3 is 0 Å². The van der Waals surface area contributed by atoms with E-state index in [0.717, 1.165) is 47.0 Å². The van der Waals surface area contributed by atoms with Crippen LogP contribution in [-0.2, 0) is 0 Å². The molecule has 0 unspecified atom stereocenters. The number of aromatic nitrogens is 1. The molecule has 0 aliphatic carbocycles. The summed E-state index contributed by atoms with van der Waals surface area (Å²) in [7, 11) is 1.67. The predicted octanol–water partition coefficient (Wildman–Crippen LogP) is 5.73. The molecule has 1 amide bonds. The molecule has 0 N–H and O–H groups in total. The smallest absolute Gasteiger partial charge is 0.255 e. The Morgan fingerprint density at radius 1 is 0.800 bits per heavy atom. The molecule has 5 heteroatoms. The van der Waals surface area contributed by atoms with Gasteiger partial charge in [-0.2, -0.15) is 0 Å². The monoisotopic (exact) mass is 465 g/mol. The van der Waals surface area contributed by atoms with Gasteiger partial charge in [0.05, 0.1) is 18.4 Å². The predicted molar refractivity (Wildman–Crippen MR) is 142 cm³/mol. The Balaban J connectivity index is 1.45. The van der Waals surface area contributed by atoms with Gasteiger partial charge in [0, 0.05) is 43.2 Å². The van der Waals surface area contributed by atoms with Crippen molar-refractivity contribution in [1.29, 1.82) is 0 Å². The van der Waals surface area contributed by atoms with Crippen molar-refractivity contribution in [3.05, 3.63) is 102 Å². The van der Waals surface area contributed by atoms with Gasteiger partial charge in [-0.3, -0.25) is 4.79 Å². The van der Waals surface area contributed by atoms with Crippen LogP contribution in [-0.4, -0.2) is 48.7 Å². The number of hydrogen-bond acceptors (Lipinski definition) is 3. The number of para-hydroxylation sites is 2. The molecule has 0 atom stereocenters. The van der Waals surface area contributed by atoms with E-state index in [1.165, 1.54) is 11.3 Å². The zero-order valence-corrected chi connectivity index (χ0v) is 20.6. The van der Waals surface area contributed by atoms with Gasteiger partial charge in [0.25, 0.3) is 5.91 Å². The highest BCUT2D eigenvalue weighted by molar-refractivity contribution is 5.97. The zero-order valence-electron chi connectivity index (χ0n) is 20.6. The van der Waals surface area contributed by atoms with Crippen molar-refractivity contribution >= 4 is 11.6 Å². The van der Waals surface area contributed by atoms with Crippen molar-refractivity contribution in [3.63, 3.8) is 0 Å². The van der Waals surface area contributed by atoms with Gasteiger partial charge in [0.1, 0.15) is 5.75 Å². The van der Waals surface area contributed by atoms with E-state index in [1.54, 1.807) is 7.11 Å². The molecule has 2 heterocycles. The highest BCUT2D eigenvalue weighted by atomic mass is 16.5. The Labute approximate surface area is 207 Å². The fraction of sp³-hybridized carbons (Fsp3) is 0.233. The summed E-state index contributed by atoms with van der Waals surface area (Å²) >= 11 is 0. The number of anilines is 1. The summed E-state index contributed by atoms with van der Waals surface area (Å²) in [6.07, 6.45) is 0. The average molecular weight is 466 g/mol. The SMILES string of the molecule is COc1ccc(-c2cc(C(=O)N3CCN(c4ccccc4C)CC3)c(C)n2-c2ccccc2)cc1. The van der Waals surface area contributed by atoms with Gasteiger partial charge in [0.15, 0.2) is 0 Å². The molecule has 0 bridgehead atoms. The molecule has 5 rings (SSSR count). The first-order valence-electron chi connectivity index (χ1n) is 12.1. The molecule has 1 aliphatic heterocycles. The van der Waals surface area contributed by atoms with Gasteiger partial charge in [-0.25, -0.2) is 0 Å². The van der Waals surface area contributed by atoms with E-state index in [1.807, 2.05) is 60.4 Å². The first kappa shape index (κ1) is 22.8. The number of benzene rings is 3. The fourth-order valence-electron chi connectivity index (χ4n) is 4.95. The molecule has 4 aromatic rings. The molecule has 5 nitrogen and oxygen atoms in total. The first-order valence-corrected chi connectivity index (χ1v) is 12.1. The molecule has 178 valence electrons. The lowest BCUT2D eigenvalue weighted by Gasteiger charge is -2.36. The van der Waals surface area contributed by atoms with E-state index >= 15 is 0 Å². The first-order chi connectivity index (χ1) is 17.1. The number of aryl methyl sites for hydroxylation is 1. The van der Waals surface area contributed by atoms with Crippen molar-refractivity contribution in [2.45, 2.75) is 13.8 Å². The maximum absolute atomic E-state index is 13.7. The molecule has 1 saturated heterocycles. The van der Waals surface area contributed by atoms with Crippen molar-refractivity contribution in [1.82, 2.24) is 9.47 Å². The fourth-order valence-corrected chi connectivity index (χ4v) is 4.95. The molecular formula is C30H31N3O2. The van der Waals surface area contributed by atoms with E-state index in [2.05, 4.69) is 52.8 Å². The van der Waals surface area contributed by atoms with E-state index in [-0.39, 0.29) is 5.91 Å². The Morgan fingerprint density at radius 2 is 1.46 bits per heavy atom. The van der Waals surface area contributed by atoms with E-state index in [9.17, 15) is 4.79 Å². The van der Waals surface area contributed by atoms with Crippen molar-refractivity contribution in [2.24, 2.45) is 0 Å². The molecule has 1 fully saturated rings. The van der Waals surface area contributed by atoms with Crippen LogP contribution in [0.3, 0.4) is 0 Å². The summed E-state index contributed by atoms with van der Waals surface area (Å²) in [5, 5.41) is 0. The number of ether oxygens (including phenoxy) is 1. The van der Waals surface area contributed by atoms with Gasteiger partial charge in [0.2, 0.25) is 0 Å². The molecular weight excluding hydrogens is 434 g/mol. The Bertz CT molecular complexity index is 1320. The number of piperazine rings is 1.